The summed E-state index contributed by atoms with van der Waals surface area (Å²) < 4.78 is 5.56. The lowest BCUT2D eigenvalue weighted by Gasteiger charge is -2.09. The molecule has 0 saturated heterocycles. The number of nitrogens with one attached hydrogen (secondary N) is 1. The number of rotatable bonds is 5. The van der Waals surface area contributed by atoms with E-state index < -0.39 is 5.91 Å². The van der Waals surface area contributed by atoms with Gasteiger partial charge in [0.25, 0.3) is 5.91 Å². The van der Waals surface area contributed by atoms with Gasteiger partial charge in [-0.05, 0) is 36.8 Å². The van der Waals surface area contributed by atoms with E-state index >= 15 is 0 Å². The number of amidine groups is 1. The Hall–Kier alpha value is -2.73. The molecular formula is C17H17N3O3. The molecular weight excluding hydrogens is 294 g/mol. The molecule has 0 saturated carbocycles. The molecule has 118 valence electrons. The SMILES string of the molecule is CCCOc1ccc(C2=NC3=CC=C(C(=O)NO)CC3=N2)cc1. The molecule has 0 fully saturated rings. The Morgan fingerprint density at radius 1 is 1.26 bits per heavy atom. The fraction of sp³-hybridized carbons (Fsp3) is 0.235. The van der Waals surface area contributed by atoms with Gasteiger partial charge in [-0.15, -0.1) is 0 Å². The van der Waals surface area contributed by atoms with Crippen molar-refractivity contribution in [2.75, 3.05) is 6.61 Å². The van der Waals surface area contributed by atoms with E-state index in [9.17, 15) is 4.79 Å². The molecule has 1 aliphatic carbocycles. The van der Waals surface area contributed by atoms with Crippen molar-refractivity contribution in [3.63, 3.8) is 0 Å². The number of carbonyl (C=O) groups excluding carboxylic acids is 1. The molecule has 23 heavy (non-hydrogen) atoms. The maximum Gasteiger partial charge on any atom is 0.270 e. The van der Waals surface area contributed by atoms with Gasteiger partial charge in [0.2, 0.25) is 0 Å². The summed E-state index contributed by atoms with van der Waals surface area (Å²) in [4.78, 5) is 20.4. The van der Waals surface area contributed by atoms with E-state index in [1.165, 1.54) is 0 Å². The summed E-state index contributed by atoms with van der Waals surface area (Å²) in [5.74, 6) is 0.920. The molecule has 0 atom stereocenters. The fourth-order valence-electron chi connectivity index (χ4n) is 2.35. The standard InChI is InChI=1S/C17H17N3O3/c1-2-9-23-13-6-3-11(4-7-13)16-18-14-8-5-12(17(21)20-22)10-15(14)19-16/h3-8,22H,2,9-10H2,1H3,(H,20,21). The van der Waals surface area contributed by atoms with Crippen LogP contribution in [0.4, 0.5) is 0 Å². The van der Waals surface area contributed by atoms with Gasteiger partial charge in [0.15, 0.2) is 5.84 Å². The number of hydrogen-bond acceptors (Lipinski definition) is 5. The number of carbonyl (C=O) groups is 1. The highest BCUT2D eigenvalue weighted by molar-refractivity contribution is 6.20. The van der Waals surface area contributed by atoms with Crippen molar-refractivity contribution in [2.45, 2.75) is 19.8 Å². The van der Waals surface area contributed by atoms with Crippen LogP contribution in [0.2, 0.25) is 0 Å². The van der Waals surface area contributed by atoms with Crippen molar-refractivity contribution in [1.29, 1.82) is 0 Å². The quantitative estimate of drug-likeness (QED) is 0.647. The van der Waals surface area contributed by atoms with Crippen molar-refractivity contribution in [3.05, 3.63) is 53.3 Å². The minimum Gasteiger partial charge on any atom is -0.494 e. The third-order valence-corrected chi connectivity index (χ3v) is 3.54. The fourth-order valence-corrected chi connectivity index (χ4v) is 2.35. The smallest absolute Gasteiger partial charge is 0.270 e. The van der Waals surface area contributed by atoms with Crippen LogP contribution in [-0.2, 0) is 4.79 Å². The Morgan fingerprint density at radius 3 is 2.74 bits per heavy atom. The van der Waals surface area contributed by atoms with E-state index in [1.807, 2.05) is 24.3 Å². The lowest BCUT2D eigenvalue weighted by atomic mass is 10.0. The summed E-state index contributed by atoms with van der Waals surface area (Å²) in [5.41, 5.74) is 4.46. The number of benzene rings is 1. The highest BCUT2D eigenvalue weighted by atomic mass is 16.5. The average Bonchev–Trinajstić information content (AvgIpc) is 3.02. The van der Waals surface area contributed by atoms with E-state index in [1.54, 1.807) is 17.6 Å². The number of aliphatic imine (C=N–C) groups is 2. The zero-order valence-electron chi connectivity index (χ0n) is 12.7. The van der Waals surface area contributed by atoms with Crippen molar-refractivity contribution in [1.82, 2.24) is 5.48 Å². The summed E-state index contributed by atoms with van der Waals surface area (Å²) in [6.07, 6.45) is 4.70. The van der Waals surface area contributed by atoms with Gasteiger partial charge in [-0.3, -0.25) is 10.0 Å². The maximum atomic E-state index is 11.5. The highest BCUT2D eigenvalue weighted by Gasteiger charge is 2.23. The number of hydroxylamine groups is 1. The molecule has 2 N–H and O–H groups in total. The second-order valence-electron chi connectivity index (χ2n) is 5.23. The van der Waals surface area contributed by atoms with Gasteiger partial charge >= 0.3 is 0 Å². The van der Waals surface area contributed by atoms with Crippen LogP contribution in [-0.4, -0.2) is 29.3 Å². The van der Waals surface area contributed by atoms with Crippen molar-refractivity contribution < 1.29 is 14.7 Å². The van der Waals surface area contributed by atoms with E-state index in [2.05, 4.69) is 16.9 Å². The molecule has 6 heteroatoms. The largest absolute Gasteiger partial charge is 0.494 e. The second-order valence-corrected chi connectivity index (χ2v) is 5.23. The van der Waals surface area contributed by atoms with Gasteiger partial charge in [0, 0.05) is 17.6 Å². The monoisotopic (exact) mass is 311 g/mol. The van der Waals surface area contributed by atoms with Crippen LogP contribution in [0.25, 0.3) is 0 Å². The number of ether oxygens (including phenoxy) is 1. The van der Waals surface area contributed by atoms with Crippen LogP contribution >= 0.6 is 0 Å². The number of fused-ring (bicyclic) bond motifs is 1. The molecule has 3 rings (SSSR count). The van der Waals surface area contributed by atoms with E-state index in [4.69, 9.17) is 9.94 Å². The van der Waals surface area contributed by atoms with Crippen molar-refractivity contribution >= 4 is 17.5 Å². The number of nitrogens with zero attached hydrogens (tertiary/aromatic N) is 2. The van der Waals surface area contributed by atoms with Gasteiger partial charge < -0.3 is 4.74 Å². The minimum atomic E-state index is -0.520. The first-order valence-corrected chi connectivity index (χ1v) is 7.46. The zero-order chi connectivity index (χ0) is 16.2. The zero-order valence-corrected chi connectivity index (χ0v) is 12.7. The van der Waals surface area contributed by atoms with Gasteiger partial charge in [-0.1, -0.05) is 13.0 Å². The molecule has 1 aromatic rings. The van der Waals surface area contributed by atoms with Crippen LogP contribution in [0, 0.1) is 0 Å². The minimum absolute atomic E-state index is 0.350. The molecule has 0 aromatic heterocycles. The van der Waals surface area contributed by atoms with Crippen molar-refractivity contribution in [2.24, 2.45) is 9.98 Å². The number of amides is 1. The van der Waals surface area contributed by atoms with E-state index in [-0.39, 0.29) is 0 Å². The first-order valence-electron chi connectivity index (χ1n) is 7.46. The van der Waals surface area contributed by atoms with Crippen LogP contribution in [0.3, 0.4) is 0 Å². The average molecular weight is 311 g/mol. The molecule has 0 spiro atoms. The van der Waals surface area contributed by atoms with E-state index in [0.29, 0.717) is 24.4 Å². The molecule has 0 radical (unpaired) electrons. The first kappa shape index (κ1) is 15.2. The van der Waals surface area contributed by atoms with Gasteiger partial charge in [0.05, 0.1) is 18.0 Å². The summed E-state index contributed by atoms with van der Waals surface area (Å²) in [5, 5.41) is 8.70. The molecule has 1 aromatic carbocycles. The van der Waals surface area contributed by atoms with Crippen LogP contribution in [0.15, 0.2) is 57.7 Å². The normalized spacial score (nSPS) is 15.9. The summed E-state index contributed by atoms with van der Waals surface area (Å²) in [6, 6.07) is 7.63. The molecule has 1 amide bonds. The first-order chi connectivity index (χ1) is 11.2. The predicted octanol–water partition coefficient (Wildman–Crippen LogP) is 2.40. The Kier molecular flexibility index (Phi) is 4.34. The lowest BCUT2D eigenvalue weighted by Crippen LogP contribution is -2.23. The van der Waals surface area contributed by atoms with Crippen LogP contribution < -0.4 is 10.2 Å². The summed E-state index contributed by atoms with van der Waals surface area (Å²) in [6.45, 7) is 2.75. The third-order valence-electron chi connectivity index (χ3n) is 3.54. The molecule has 2 aliphatic rings. The number of hydrogen-bond donors (Lipinski definition) is 2. The second kappa shape index (κ2) is 6.58. The molecule has 0 bridgehead atoms. The Morgan fingerprint density at radius 2 is 2.04 bits per heavy atom. The van der Waals surface area contributed by atoms with E-state index in [0.717, 1.165) is 29.1 Å². The Bertz CT molecular complexity index is 743. The molecule has 6 nitrogen and oxygen atoms in total. The Balaban J connectivity index is 1.75. The summed E-state index contributed by atoms with van der Waals surface area (Å²) >= 11 is 0. The topological polar surface area (TPSA) is 83.3 Å². The number of allylic oxidation sites excluding steroid dienone is 3. The Labute approximate surface area is 133 Å². The molecule has 1 aliphatic heterocycles. The van der Waals surface area contributed by atoms with Gasteiger partial charge in [-0.2, -0.15) is 0 Å². The van der Waals surface area contributed by atoms with Crippen LogP contribution in [0.1, 0.15) is 25.3 Å². The lowest BCUT2D eigenvalue weighted by molar-refractivity contribution is -0.125. The summed E-state index contributed by atoms with van der Waals surface area (Å²) in [7, 11) is 0. The predicted molar refractivity (Wildman–Crippen MR) is 86.9 cm³/mol. The maximum absolute atomic E-state index is 11.5. The van der Waals surface area contributed by atoms with Crippen molar-refractivity contribution in [3.8, 4) is 5.75 Å². The highest BCUT2D eigenvalue weighted by Crippen LogP contribution is 2.25. The molecule has 1 heterocycles. The van der Waals surface area contributed by atoms with Gasteiger partial charge in [-0.25, -0.2) is 15.5 Å². The van der Waals surface area contributed by atoms with Gasteiger partial charge in [0.1, 0.15) is 5.75 Å². The molecule has 0 unspecified atom stereocenters. The third kappa shape index (κ3) is 3.22. The van der Waals surface area contributed by atoms with Crippen LogP contribution in [0.5, 0.6) is 5.75 Å².